The van der Waals surface area contributed by atoms with Crippen LogP contribution in [0.1, 0.15) is 37.7 Å². The van der Waals surface area contributed by atoms with Crippen LogP contribution in [0.3, 0.4) is 0 Å². The average Bonchev–Trinajstić information content (AvgIpc) is 2.74. The molecule has 1 N–H and O–H groups in total. The first-order valence-electron chi connectivity index (χ1n) is 10.0. The zero-order valence-electron chi connectivity index (χ0n) is 16.3. The van der Waals surface area contributed by atoms with Gasteiger partial charge in [-0.1, -0.05) is 55.5 Å². The van der Waals surface area contributed by atoms with Crippen molar-refractivity contribution in [2.75, 3.05) is 19.6 Å². The second-order valence-corrected chi connectivity index (χ2v) is 7.23. The highest BCUT2D eigenvalue weighted by Crippen LogP contribution is 2.21. The van der Waals surface area contributed by atoms with Gasteiger partial charge in [0.1, 0.15) is 5.75 Å². The molecule has 1 atom stereocenters. The highest BCUT2D eigenvalue weighted by atomic mass is 16.6. The molecule has 28 heavy (non-hydrogen) atoms. The number of likely N-dealkylation sites (tertiary alicyclic amines) is 1. The number of hydrogen-bond donors (Lipinski definition) is 1. The number of nitrogens with zero attached hydrogens (tertiary/aromatic N) is 1. The summed E-state index contributed by atoms with van der Waals surface area (Å²) in [5.41, 5.74) is 1.06. The van der Waals surface area contributed by atoms with Crippen molar-refractivity contribution in [1.29, 1.82) is 0 Å². The summed E-state index contributed by atoms with van der Waals surface area (Å²) in [5.74, 6) is 0.924. The molecule has 0 aliphatic carbocycles. The summed E-state index contributed by atoms with van der Waals surface area (Å²) in [6.45, 7) is 4.00. The molecule has 5 nitrogen and oxygen atoms in total. The third-order valence-corrected chi connectivity index (χ3v) is 5.31. The molecule has 1 aliphatic rings. The number of ether oxygens (including phenoxy) is 1. The van der Waals surface area contributed by atoms with Gasteiger partial charge < -0.3 is 15.0 Å². The Kier molecular flexibility index (Phi) is 7.06. The van der Waals surface area contributed by atoms with E-state index in [4.69, 9.17) is 4.74 Å². The Morgan fingerprint density at radius 2 is 1.64 bits per heavy atom. The standard InChI is InChI=1S/C23H28N2O3/c1-2-21(19-9-5-3-6-10-19)22(26)24-17-18-13-15-25(16-14-18)23(27)28-20-11-7-4-8-12-20/h3-12,18,21H,2,13-17H2,1H3,(H,24,26)/t21-/m0/s1. The number of rotatable bonds is 6. The summed E-state index contributed by atoms with van der Waals surface area (Å²) in [4.78, 5) is 26.6. The predicted molar refractivity (Wildman–Crippen MR) is 109 cm³/mol. The van der Waals surface area contributed by atoms with Gasteiger partial charge in [0, 0.05) is 19.6 Å². The molecule has 0 bridgehead atoms. The largest absolute Gasteiger partial charge is 0.415 e. The molecule has 1 saturated heterocycles. The third kappa shape index (κ3) is 5.35. The lowest BCUT2D eigenvalue weighted by atomic mass is 9.94. The Bertz CT molecular complexity index is 756. The molecule has 1 aliphatic heterocycles. The molecule has 0 aromatic heterocycles. The highest BCUT2D eigenvalue weighted by Gasteiger charge is 2.25. The second-order valence-electron chi connectivity index (χ2n) is 7.23. The second kappa shape index (κ2) is 9.93. The van der Waals surface area contributed by atoms with Crippen LogP contribution in [0.25, 0.3) is 0 Å². The molecule has 2 amide bonds. The van der Waals surface area contributed by atoms with E-state index >= 15 is 0 Å². The van der Waals surface area contributed by atoms with Gasteiger partial charge in [0.25, 0.3) is 0 Å². The molecular weight excluding hydrogens is 352 g/mol. The first-order chi connectivity index (χ1) is 13.7. The van der Waals surface area contributed by atoms with E-state index in [0.717, 1.165) is 24.8 Å². The summed E-state index contributed by atoms with van der Waals surface area (Å²) in [5, 5.41) is 3.11. The van der Waals surface area contributed by atoms with Gasteiger partial charge in [-0.25, -0.2) is 4.79 Å². The molecule has 0 spiro atoms. The van der Waals surface area contributed by atoms with Crippen molar-refractivity contribution in [3.8, 4) is 5.75 Å². The number of carbonyl (C=O) groups excluding carboxylic acids is 2. The Morgan fingerprint density at radius 1 is 1.04 bits per heavy atom. The van der Waals surface area contributed by atoms with Gasteiger partial charge in [0.05, 0.1) is 5.92 Å². The number of hydrogen-bond acceptors (Lipinski definition) is 3. The molecule has 0 saturated carbocycles. The zero-order chi connectivity index (χ0) is 19.8. The van der Waals surface area contributed by atoms with Crippen molar-refractivity contribution in [2.45, 2.75) is 32.1 Å². The Labute approximate surface area is 166 Å². The average molecular weight is 380 g/mol. The Hall–Kier alpha value is -2.82. The molecule has 2 aromatic carbocycles. The molecule has 1 heterocycles. The number of carbonyl (C=O) groups is 2. The van der Waals surface area contributed by atoms with E-state index in [1.807, 2.05) is 55.5 Å². The van der Waals surface area contributed by atoms with Crippen molar-refractivity contribution in [3.05, 3.63) is 66.2 Å². The fourth-order valence-corrected chi connectivity index (χ4v) is 3.60. The smallest absolute Gasteiger partial charge is 0.410 e. The summed E-state index contributed by atoms with van der Waals surface area (Å²) in [7, 11) is 0. The SMILES string of the molecule is CC[C@H](C(=O)NCC1CCN(C(=O)Oc2ccccc2)CC1)c1ccccc1. The van der Waals surface area contributed by atoms with Gasteiger partial charge >= 0.3 is 6.09 Å². The summed E-state index contributed by atoms with van der Waals surface area (Å²) in [6.07, 6.45) is 2.21. The van der Waals surface area contributed by atoms with Crippen LogP contribution in [0.2, 0.25) is 0 Å². The van der Waals surface area contributed by atoms with E-state index < -0.39 is 0 Å². The van der Waals surface area contributed by atoms with Gasteiger partial charge in [-0.3, -0.25) is 4.79 Å². The van der Waals surface area contributed by atoms with Gasteiger partial charge in [0.2, 0.25) is 5.91 Å². The number of nitrogens with one attached hydrogen (secondary N) is 1. The number of amides is 2. The maximum absolute atomic E-state index is 12.6. The van der Waals surface area contributed by atoms with Crippen LogP contribution < -0.4 is 10.1 Å². The molecule has 1 fully saturated rings. The molecule has 5 heteroatoms. The maximum atomic E-state index is 12.6. The van der Waals surface area contributed by atoms with Gasteiger partial charge in [-0.2, -0.15) is 0 Å². The first-order valence-corrected chi connectivity index (χ1v) is 10.0. The van der Waals surface area contributed by atoms with Crippen molar-refractivity contribution in [1.82, 2.24) is 10.2 Å². The Balaban J connectivity index is 1.43. The Morgan fingerprint density at radius 3 is 2.25 bits per heavy atom. The quantitative estimate of drug-likeness (QED) is 0.817. The van der Waals surface area contributed by atoms with Gasteiger partial charge in [0.15, 0.2) is 0 Å². The molecule has 0 unspecified atom stereocenters. The van der Waals surface area contributed by atoms with Crippen molar-refractivity contribution < 1.29 is 14.3 Å². The normalized spacial score (nSPS) is 15.7. The summed E-state index contributed by atoms with van der Waals surface area (Å²) >= 11 is 0. The lowest BCUT2D eigenvalue weighted by Gasteiger charge is -2.31. The molecular formula is C23H28N2O3. The number of para-hydroxylation sites is 1. The third-order valence-electron chi connectivity index (χ3n) is 5.31. The minimum absolute atomic E-state index is 0.0830. The van der Waals surface area contributed by atoms with Crippen LogP contribution in [0, 0.1) is 5.92 Å². The van der Waals surface area contributed by atoms with Crippen LogP contribution in [-0.4, -0.2) is 36.5 Å². The molecule has 3 rings (SSSR count). The van der Waals surface area contributed by atoms with Crippen LogP contribution >= 0.6 is 0 Å². The van der Waals surface area contributed by atoms with Crippen LogP contribution in [0.5, 0.6) is 5.75 Å². The predicted octanol–water partition coefficient (Wildman–Crippen LogP) is 4.21. The monoisotopic (exact) mass is 380 g/mol. The van der Waals surface area contributed by atoms with Crippen LogP contribution in [0.4, 0.5) is 4.79 Å². The zero-order valence-corrected chi connectivity index (χ0v) is 16.3. The lowest BCUT2D eigenvalue weighted by molar-refractivity contribution is -0.122. The van der Waals surface area contributed by atoms with E-state index in [9.17, 15) is 9.59 Å². The molecule has 0 radical (unpaired) electrons. The van der Waals surface area contributed by atoms with Crippen LogP contribution in [-0.2, 0) is 4.79 Å². The van der Waals surface area contributed by atoms with Crippen molar-refractivity contribution in [3.63, 3.8) is 0 Å². The van der Waals surface area contributed by atoms with E-state index in [2.05, 4.69) is 5.32 Å². The topological polar surface area (TPSA) is 58.6 Å². The van der Waals surface area contributed by atoms with E-state index in [1.54, 1.807) is 17.0 Å². The van der Waals surface area contributed by atoms with Gasteiger partial charge in [-0.15, -0.1) is 0 Å². The fourth-order valence-electron chi connectivity index (χ4n) is 3.60. The highest BCUT2D eigenvalue weighted by molar-refractivity contribution is 5.83. The minimum Gasteiger partial charge on any atom is -0.410 e. The summed E-state index contributed by atoms with van der Waals surface area (Å²) in [6, 6.07) is 19.0. The van der Waals surface area contributed by atoms with E-state index in [1.165, 1.54) is 0 Å². The minimum atomic E-state index is -0.302. The fraction of sp³-hybridized carbons (Fsp3) is 0.391. The van der Waals surface area contributed by atoms with Crippen molar-refractivity contribution >= 4 is 12.0 Å². The van der Waals surface area contributed by atoms with Gasteiger partial charge in [-0.05, 0) is 42.9 Å². The van der Waals surface area contributed by atoms with Crippen LogP contribution in [0.15, 0.2) is 60.7 Å². The first kappa shape index (κ1) is 19.9. The van der Waals surface area contributed by atoms with E-state index in [-0.39, 0.29) is 17.9 Å². The number of piperidine rings is 1. The lowest BCUT2D eigenvalue weighted by Crippen LogP contribution is -2.43. The summed E-state index contributed by atoms with van der Waals surface area (Å²) < 4.78 is 5.40. The number of benzene rings is 2. The molecule has 148 valence electrons. The van der Waals surface area contributed by atoms with Crippen molar-refractivity contribution in [2.24, 2.45) is 5.92 Å². The van der Waals surface area contributed by atoms with E-state index in [0.29, 0.717) is 31.3 Å². The maximum Gasteiger partial charge on any atom is 0.415 e. The molecule has 2 aromatic rings.